The maximum absolute atomic E-state index is 12.0. The first kappa shape index (κ1) is 11.7. The fraction of sp³-hybridized carbons (Fsp3) is 0.917. The second kappa shape index (κ2) is 4.43. The first-order valence-electron chi connectivity index (χ1n) is 5.74. The van der Waals surface area contributed by atoms with Gasteiger partial charge >= 0.3 is 0 Å². The van der Waals surface area contributed by atoms with Crippen molar-refractivity contribution >= 4 is 5.78 Å². The molecule has 0 N–H and O–H groups in total. The Hall–Kier alpha value is -0.370. The van der Waals surface area contributed by atoms with Gasteiger partial charge in [-0.05, 0) is 32.7 Å². The summed E-state index contributed by atoms with van der Waals surface area (Å²) < 4.78 is 0. The molecule has 0 radical (unpaired) electrons. The normalized spacial score (nSPS) is 29.1. The van der Waals surface area contributed by atoms with Crippen LogP contribution in [0.3, 0.4) is 0 Å². The molecule has 14 heavy (non-hydrogen) atoms. The lowest BCUT2D eigenvalue weighted by atomic mass is 9.92. The minimum absolute atomic E-state index is 0.168. The molecular formula is C12H23NO. The predicted molar refractivity (Wildman–Crippen MR) is 59.3 cm³/mol. The third kappa shape index (κ3) is 2.17. The van der Waals surface area contributed by atoms with Crippen LogP contribution in [0, 0.1) is 11.8 Å². The summed E-state index contributed by atoms with van der Waals surface area (Å²) in [5.41, 5.74) is 0. The molecule has 2 heteroatoms. The van der Waals surface area contributed by atoms with Gasteiger partial charge in [-0.1, -0.05) is 20.8 Å². The largest absolute Gasteiger partial charge is 0.298 e. The molecule has 0 bridgehead atoms. The first-order chi connectivity index (χ1) is 6.45. The molecule has 0 aliphatic carbocycles. The first-order valence-corrected chi connectivity index (χ1v) is 5.74. The Morgan fingerprint density at radius 2 is 1.86 bits per heavy atom. The Labute approximate surface area is 87.7 Å². The van der Waals surface area contributed by atoms with Gasteiger partial charge in [0, 0.05) is 12.0 Å². The molecular weight excluding hydrogens is 174 g/mol. The van der Waals surface area contributed by atoms with Crippen molar-refractivity contribution in [3.63, 3.8) is 0 Å². The zero-order valence-electron chi connectivity index (χ0n) is 10.1. The second-order valence-electron chi connectivity index (χ2n) is 5.10. The maximum atomic E-state index is 12.0. The molecule has 1 fully saturated rings. The molecule has 1 saturated heterocycles. The van der Waals surface area contributed by atoms with E-state index in [1.165, 1.54) is 6.42 Å². The summed E-state index contributed by atoms with van der Waals surface area (Å²) in [4.78, 5) is 14.4. The van der Waals surface area contributed by atoms with E-state index in [4.69, 9.17) is 0 Å². The minimum atomic E-state index is 0.168. The van der Waals surface area contributed by atoms with Crippen molar-refractivity contribution in [2.24, 2.45) is 11.8 Å². The molecule has 1 rings (SSSR count). The number of rotatable bonds is 3. The molecule has 0 aromatic rings. The van der Waals surface area contributed by atoms with Crippen LogP contribution in [0.25, 0.3) is 0 Å². The van der Waals surface area contributed by atoms with E-state index in [-0.39, 0.29) is 12.0 Å². The van der Waals surface area contributed by atoms with Crippen molar-refractivity contribution < 1.29 is 4.79 Å². The van der Waals surface area contributed by atoms with Crippen LogP contribution in [0.4, 0.5) is 0 Å². The standard InChI is InChI=1S/C12H23NO/c1-8(2)12(14)11-10(5)6-7-13(11)9(3)4/h8-11H,6-7H2,1-5H3/t10-,11+/m1/s1. The average molecular weight is 197 g/mol. The molecule has 2 nitrogen and oxygen atoms in total. The van der Waals surface area contributed by atoms with E-state index < -0.39 is 0 Å². The van der Waals surface area contributed by atoms with E-state index in [2.05, 4.69) is 25.7 Å². The molecule has 0 amide bonds. The van der Waals surface area contributed by atoms with Crippen LogP contribution in [0.5, 0.6) is 0 Å². The lowest BCUT2D eigenvalue weighted by Gasteiger charge is -2.30. The van der Waals surface area contributed by atoms with Crippen molar-refractivity contribution in [3.8, 4) is 0 Å². The molecule has 0 spiro atoms. The Morgan fingerprint density at radius 1 is 1.29 bits per heavy atom. The predicted octanol–water partition coefficient (Wildman–Crippen LogP) is 2.33. The smallest absolute Gasteiger partial charge is 0.152 e. The fourth-order valence-electron chi connectivity index (χ4n) is 2.34. The molecule has 82 valence electrons. The molecule has 1 aliphatic rings. The third-order valence-electron chi connectivity index (χ3n) is 3.26. The van der Waals surface area contributed by atoms with Crippen LogP contribution >= 0.6 is 0 Å². The molecule has 0 saturated carbocycles. The number of Topliss-reactive ketones (excluding diaryl/α,β-unsaturated/α-hetero) is 1. The van der Waals surface area contributed by atoms with Gasteiger partial charge in [-0.2, -0.15) is 0 Å². The van der Waals surface area contributed by atoms with Gasteiger partial charge in [0.25, 0.3) is 0 Å². The number of ketones is 1. The monoisotopic (exact) mass is 197 g/mol. The number of carbonyl (C=O) groups is 1. The van der Waals surface area contributed by atoms with Crippen LogP contribution in [0.1, 0.15) is 41.0 Å². The summed E-state index contributed by atoms with van der Waals surface area (Å²) in [6, 6.07) is 0.669. The van der Waals surface area contributed by atoms with Crippen molar-refractivity contribution in [3.05, 3.63) is 0 Å². The van der Waals surface area contributed by atoms with Crippen molar-refractivity contribution in [2.75, 3.05) is 6.54 Å². The Balaban J connectivity index is 2.76. The minimum Gasteiger partial charge on any atom is -0.298 e. The third-order valence-corrected chi connectivity index (χ3v) is 3.26. The van der Waals surface area contributed by atoms with E-state index in [9.17, 15) is 4.79 Å². The highest BCUT2D eigenvalue weighted by Crippen LogP contribution is 2.28. The maximum Gasteiger partial charge on any atom is 0.152 e. The molecule has 0 aromatic carbocycles. The van der Waals surface area contributed by atoms with Gasteiger partial charge in [0.05, 0.1) is 6.04 Å². The second-order valence-corrected chi connectivity index (χ2v) is 5.10. The van der Waals surface area contributed by atoms with Crippen LogP contribution in [0.2, 0.25) is 0 Å². The number of hydrogen-bond acceptors (Lipinski definition) is 2. The van der Waals surface area contributed by atoms with E-state index in [0.717, 1.165) is 6.54 Å². The molecule has 0 aromatic heterocycles. The Kier molecular flexibility index (Phi) is 3.71. The van der Waals surface area contributed by atoms with Gasteiger partial charge in [0.15, 0.2) is 5.78 Å². The van der Waals surface area contributed by atoms with Gasteiger partial charge in [-0.3, -0.25) is 9.69 Å². The van der Waals surface area contributed by atoms with E-state index in [0.29, 0.717) is 17.7 Å². The number of likely N-dealkylation sites (tertiary alicyclic amines) is 1. The topological polar surface area (TPSA) is 20.3 Å². The lowest BCUT2D eigenvalue weighted by Crippen LogP contribution is -2.44. The highest BCUT2D eigenvalue weighted by molar-refractivity contribution is 5.86. The zero-order chi connectivity index (χ0) is 10.9. The lowest BCUT2D eigenvalue weighted by molar-refractivity contribution is -0.127. The van der Waals surface area contributed by atoms with Gasteiger partial charge in [-0.25, -0.2) is 0 Å². The molecule has 0 unspecified atom stereocenters. The van der Waals surface area contributed by atoms with Gasteiger partial charge < -0.3 is 0 Å². The van der Waals surface area contributed by atoms with Crippen LogP contribution in [-0.2, 0) is 4.79 Å². The van der Waals surface area contributed by atoms with Crippen LogP contribution in [0.15, 0.2) is 0 Å². The molecule has 2 atom stereocenters. The number of nitrogens with zero attached hydrogens (tertiary/aromatic N) is 1. The summed E-state index contributed by atoms with van der Waals surface area (Å²) in [6.07, 6.45) is 1.17. The highest BCUT2D eigenvalue weighted by atomic mass is 16.1. The summed E-state index contributed by atoms with van der Waals surface area (Å²) in [5.74, 6) is 1.12. The number of hydrogen-bond donors (Lipinski definition) is 0. The summed E-state index contributed by atoms with van der Waals surface area (Å²) >= 11 is 0. The Morgan fingerprint density at radius 3 is 2.29 bits per heavy atom. The SMILES string of the molecule is CC(C)C(=O)[C@@H]1[C@H](C)CCN1C(C)C. The van der Waals surface area contributed by atoms with Gasteiger partial charge in [-0.15, -0.1) is 0 Å². The molecule has 1 aliphatic heterocycles. The van der Waals surface area contributed by atoms with Crippen LogP contribution < -0.4 is 0 Å². The summed E-state index contributed by atoms with van der Waals surface area (Å²) in [5, 5.41) is 0. The van der Waals surface area contributed by atoms with E-state index in [1.807, 2.05) is 13.8 Å². The number of carbonyl (C=O) groups excluding carboxylic acids is 1. The highest BCUT2D eigenvalue weighted by Gasteiger charge is 2.38. The Bertz CT molecular complexity index is 210. The summed E-state index contributed by atoms with van der Waals surface area (Å²) in [6.45, 7) is 11.7. The van der Waals surface area contributed by atoms with Gasteiger partial charge in [0.1, 0.15) is 0 Å². The van der Waals surface area contributed by atoms with Crippen molar-refractivity contribution in [1.29, 1.82) is 0 Å². The summed E-state index contributed by atoms with van der Waals surface area (Å²) in [7, 11) is 0. The quantitative estimate of drug-likeness (QED) is 0.692. The van der Waals surface area contributed by atoms with E-state index >= 15 is 0 Å². The molecule has 1 heterocycles. The van der Waals surface area contributed by atoms with E-state index in [1.54, 1.807) is 0 Å². The zero-order valence-corrected chi connectivity index (χ0v) is 10.1. The van der Waals surface area contributed by atoms with Crippen molar-refractivity contribution in [1.82, 2.24) is 4.90 Å². The van der Waals surface area contributed by atoms with Crippen molar-refractivity contribution in [2.45, 2.75) is 53.1 Å². The average Bonchev–Trinajstić information content (AvgIpc) is 2.45. The fourth-order valence-corrected chi connectivity index (χ4v) is 2.34. The van der Waals surface area contributed by atoms with Gasteiger partial charge in [0.2, 0.25) is 0 Å². The van der Waals surface area contributed by atoms with Crippen LogP contribution in [-0.4, -0.2) is 29.3 Å².